The van der Waals surface area contributed by atoms with Crippen molar-refractivity contribution < 1.29 is 17.9 Å². The van der Waals surface area contributed by atoms with Gasteiger partial charge in [-0.3, -0.25) is 0 Å². The number of ether oxygens (including phenoxy) is 1. The molecule has 2 aliphatic rings. The van der Waals surface area contributed by atoms with Crippen molar-refractivity contribution >= 4 is 0 Å². The number of nitrogens with zero attached hydrogens (tertiary/aromatic N) is 4. The fourth-order valence-electron chi connectivity index (χ4n) is 4.08. The number of likely N-dealkylation sites (N-methyl/N-ethyl adjacent to an activating group) is 1. The van der Waals surface area contributed by atoms with Crippen molar-refractivity contribution in [2.24, 2.45) is 17.1 Å². The summed E-state index contributed by atoms with van der Waals surface area (Å²) in [7, 11) is 1.86. The largest absolute Gasteiger partial charge is 0.573 e. The van der Waals surface area contributed by atoms with Crippen molar-refractivity contribution in [1.82, 2.24) is 4.90 Å². The zero-order chi connectivity index (χ0) is 21.4. The molecule has 0 radical (unpaired) electrons. The van der Waals surface area contributed by atoms with E-state index < -0.39 is 29.4 Å². The van der Waals surface area contributed by atoms with Gasteiger partial charge in [0.2, 0.25) is 0 Å². The van der Waals surface area contributed by atoms with Crippen molar-refractivity contribution in [3.8, 4) is 24.0 Å². The Morgan fingerprint density at radius 3 is 2.31 bits per heavy atom. The molecule has 0 unspecified atom stereocenters. The van der Waals surface area contributed by atoms with E-state index in [-0.39, 0.29) is 11.3 Å². The lowest BCUT2D eigenvalue weighted by Crippen LogP contribution is -2.47. The summed E-state index contributed by atoms with van der Waals surface area (Å²) in [6.07, 6.45) is -2.99. The van der Waals surface area contributed by atoms with E-state index in [4.69, 9.17) is 5.73 Å². The standard InChI is InChI=1S/C20H16F3N5O/c1-28-7-6-14-15(8-24)18(27)19(10-25,11-26)17(16(14)9-28)12-2-4-13(5-3-12)29-20(21,22)23/h2-6,16-17H,7,9,27H2,1H3/t16-,17+/m0/s1. The van der Waals surface area contributed by atoms with Gasteiger partial charge in [0.25, 0.3) is 0 Å². The number of benzene rings is 1. The number of rotatable bonds is 2. The molecule has 2 N–H and O–H groups in total. The Balaban J connectivity index is 2.17. The van der Waals surface area contributed by atoms with Gasteiger partial charge in [-0.1, -0.05) is 18.2 Å². The maximum atomic E-state index is 12.5. The summed E-state index contributed by atoms with van der Waals surface area (Å²) in [6.45, 7) is 1.03. The third-order valence-electron chi connectivity index (χ3n) is 5.32. The van der Waals surface area contributed by atoms with Gasteiger partial charge in [-0.2, -0.15) is 15.8 Å². The van der Waals surface area contributed by atoms with Gasteiger partial charge in [0.15, 0.2) is 5.41 Å². The molecule has 29 heavy (non-hydrogen) atoms. The van der Waals surface area contributed by atoms with Gasteiger partial charge < -0.3 is 15.4 Å². The van der Waals surface area contributed by atoms with Gasteiger partial charge >= 0.3 is 6.36 Å². The molecule has 1 aliphatic heterocycles. The first-order valence-electron chi connectivity index (χ1n) is 8.64. The van der Waals surface area contributed by atoms with E-state index in [9.17, 15) is 29.0 Å². The van der Waals surface area contributed by atoms with Crippen LogP contribution < -0.4 is 10.5 Å². The summed E-state index contributed by atoms with van der Waals surface area (Å²) in [5.74, 6) is -1.57. The predicted octanol–water partition coefficient (Wildman–Crippen LogP) is 2.94. The summed E-state index contributed by atoms with van der Waals surface area (Å²) in [6, 6.07) is 11.0. The highest BCUT2D eigenvalue weighted by atomic mass is 19.4. The quantitative estimate of drug-likeness (QED) is 0.819. The molecule has 3 rings (SSSR count). The van der Waals surface area contributed by atoms with E-state index in [1.165, 1.54) is 12.1 Å². The first-order valence-corrected chi connectivity index (χ1v) is 8.64. The van der Waals surface area contributed by atoms with E-state index in [2.05, 4.69) is 4.74 Å². The summed E-state index contributed by atoms with van der Waals surface area (Å²) >= 11 is 0. The van der Waals surface area contributed by atoms with Crippen LogP contribution in [-0.2, 0) is 0 Å². The van der Waals surface area contributed by atoms with E-state index in [0.29, 0.717) is 24.2 Å². The highest BCUT2D eigenvalue weighted by Crippen LogP contribution is 2.54. The van der Waals surface area contributed by atoms with E-state index in [0.717, 1.165) is 12.1 Å². The first-order chi connectivity index (χ1) is 13.7. The van der Waals surface area contributed by atoms with Gasteiger partial charge in [-0.05, 0) is 30.3 Å². The number of fused-ring (bicyclic) bond motifs is 1. The van der Waals surface area contributed by atoms with Crippen LogP contribution in [0.2, 0.25) is 0 Å². The highest BCUT2D eigenvalue weighted by Gasteiger charge is 2.54. The minimum atomic E-state index is -4.83. The van der Waals surface area contributed by atoms with Gasteiger partial charge in [0.1, 0.15) is 11.8 Å². The fraction of sp³-hybridized carbons (Fsp3) is 0.350. The number of halogens is 3. The molecule has 1 aromatic carbocycles. The molecule has 0 spiro atoms. The van der Waals surface area contributed by atoms with Crippen molar-refractivity contribution in [2.75, 3.05) is 20.1 Å². The summed E-state index contributed by atoms with van der Waals surface area (Å²) < 4.78 is 41.3. The zero-order valence-corrected chi connectivity index (χ0v) is 15.4. The lowest BCUT2D eigenvalue weighted by Gasteiger charge is -2.45. The number of allylic oxidation sites excluding steroid dienone is 2. The molecule has 6 nitrogen and oxygen atoms in total. The molecular formula is C20H16F3N5O. The Labute approximate surface area is 165 Å². The van der Waals surface area contributed by atoms with E-state index in [1.54, 1.807) is 0 Å². The van der Waals surface area contributed by atoms with Crippen LogP contribution in [0.3, 0.4) is 0 Å². The second kappa shape index (κ2) is 7.16. The van der Waals surface area contributed by atoms with Crippen LogP contribution in [0.5, 0.6) is 5.75 Å². The molecule has 0 saturated heterocycles. The van der Waals surface area contributed by atoms with Crippen molar-refractivity contribution in [1.29, 1.82) is 15.8 Å². The Morgan fingerprint density at radius 2 is 1.79 bits per heavy atom. The van der Waals surface area contributed by atoms with Crippen molar-refractivity contribution in [3.63, 3.8) is 0 Å². The fourth-order valence-corrected chi connectivity index (χ4v) is 4.08. The Morgan fingerprint density at radius 1 is 1.17 bits per heavy atom. The van der Waals surface area contributed by atoms with Crippen LogP contribution in [0.25, 0.3) is 0 Å². The van der Waals surface area contributed by atoms with E-state index in [1.807, 2.05) is 36.2 Å². The molecular weight excluding hydrogens is 383 g/mol. The SMILES string of the molecule is CN1CC=C2C(C#N)=C(N)C(C#N)(C#N)[C@H](c3ccc(OC(F)(F)F)cc3)[C@H]2C1. The van der Waals surface area contributed by atoms with Crippen molar-refractivity contribution in [3.05, 3.63) is 52.7 Å². The number of hydrogen-bond acceptors (Lipinski definition) is 6. The molecule has 148 valence electrons. The minimum absolute atomic E-state index is 0.125. The summed E-state index contributed by atoms with van der Waals surface area (Å²) in [5.41, 5.74) is 5.46. The molecule has 0 bridgehead atoms. The smallest absolute Gasteiger partial charge is 0.406 e. The molecule has 0 aromatic heterocycles. The Kier molecular flexibility index (Phi) is 5.00. The summed E-state index contributed by atoms with van der Waals surface area (Å²) in [4.78, 5) is 1.97. The number of nitriles is 3. The van der Waals surface area contributed by atoms with Crippen LogP contribution in [0, 0.1) is 45.3 Å². The normalized spacial score (nSPS) is 23.8. The molecule has 9 heteroatoms. The van der Waals surface area contributed by atoms with Crippen LogP contribution >= 0.6 is 0 Å². The number of alkyl halides is 3. The Bertz CT molecular complexity index is 991. The second-order valence-electron chi connectivity index (χ2n) is 7.01. The predicted molar refractivity (Wildman–Crippen MR) is 95.4 cm³/mol. The molecule has 1 aromatic rings. The number of nitrogens with two attached hydrogens (primary N) is 1. The average Bonchev–Trinajstić information content (AvgIpc) is 2.67. The molecule has 0 amide bonds. The molecule has 0 fully saturated rings. The zero-order valence-electron chi connectivity index (χ0n) is 15.4. The van der Waals surface area contributed by atoms with Gasteiger partial charge in [-0.25, -0.2) is 0 Å². The third kappa shape index (κ3) is 3.40. The number of hydrogen-bond donors (Lipinski definition) is 1. The Hall–Kier alpha value is -3.48. The third-order valence-corrected chi connectivity index (χ3v) is 5.32. The molecule has 0 saturated carbocycles. The molecule has 1 aliphatic carbocycles. The maximum absolute atomic E-state index is 12.5. The monoisotopic (exact) mass is 399 g/mol. The topological polar surface area (TPSA) is 110 Å². The maximum Gasteiger partial charge on any atom is 0.573 e. The van der Waals surface area contributed by atoms with Gasteiger partial charge in [0.05, 0.1) is 23.4 Å². The highest BCUT2D eigenvalue weighted by molar-refractivity contribution is 5.59. The van der Waals surface area contributed by atoms with Gasteiger partial charge in [0, 0.05) is 24.9 Å². The first kappa shape index (κ1) is 20.3. The average molecular weight is 399 g/mol. The van der Waals surface area contributed by atoms with Crippen LogP contribution in [0.1, 0.15) is 11.5 Å². The minimum Gasteiger partial charge on any atom is -0.406 e. The lowest BCUT2D eigenvalue weighted by atomic mass is 9.58. The van der Waals surface area contributed by atoms with Gasteiger partial charge in [-0.15, -0.1) is 13.2 Å². The van der Waals surface area contributed by atoms with Crippen molar-refractivity contribution in [2.45, 2.75) is 12.3 Å². The van der Waals surface area contributed by atoms with Crippen LogP contribution in [0.15, 0.2) is 47.2 Å². The van der Waals surface area contributed by atoms with E-state index >= 15 is 0 Å². The second-order valence-corrected chi connectivity index (χ2v) is 7.01. The summed E-state index contributed by atoms with van der Waals surface area (Å²) in [5, 5.41) is 29.4. The molecule has 2 atom stereocenters. The molecule has 1 heterocycles. The lowest BCUT2D eigenvalue weighted by molar-refractivity contribution is -0.274. The van der Waals surface area contributed by atoms with Crippen LogP contribution in [-0.4, -0.2) is 31.4 Å². The van der Waals surface area contributed by atoms with Crippen LogP contribution in [0.4, 0.5) is 13.2 Å².